The van der Waals surface area contributed by atoms with Gasteiger partial charge in [0.25, 0.3) is 0 Å². The van der Waals surface area contributed by atoms with Gasteiger partial charge in [-0.3, -0.25) is 14.5 Å². The number of ether oxygens (including phenoxy) is 2. The molecule has 1 aromatic heterocycles. The van der Waals surface area contributed by atoms with E-state index in [1.807, 2.05) is 28.9 Å². The molecule has 0 aliphatic carbocycles. The van der Waals surface area contributed by atoms with E-state index in [1.165, 1.54) is 13.1 Å². The molecule has 4 rings (SSSR count). The van der Waals surface area contributed by atoms with Crippen LogP contribution >= 0.6 is 0 Å². The van der Waals surface area contributed by atoms with Crippen LogP contribution in [-0.2, 0) is 22.7 Å². The minimum absolute atomic E-state index is 0.104. The smallest absolute Gasteiger partial charge is 0.221 e. The van der Waals surface area contributed by atoms with E-state index in [4.69, 9.17) is 20.3 Å². The van der Waals surface area contributed by atoms with Gasteiger partial charge in [-0.15, -0.1) is 0 Å². The lowest BCUT2D eigenvalue weighted by Gasteiger charge is -2.18. The van der Waals surface area contributed by atoms with Crippen molar-refractivity contribution in [2.75, 3.05) is 11.9 Å². The van der Waals surface area contributed by atoms with E-state index in [-0.39, 0.29) is 12.1 Å². The molecule has 0 bridgehead atoms. The van der Waals surface area contributed by atoms with Gasteiger partial charge >= 0.3 is 0 Å². The molecule has 2 aliphatic heterocycles. The minimum Gasteiger partial charge on any atom is -0.487 e. The average Bonchev–Trinajstić information content (AvgIpc) is 3.03. The highest BCUT2D eigenvalue weighted by Crippen LogP contribution is 2.29. The zero-order valence-corrected chi connectivity index (χ0v) is 16.4. The van der Waals surface area contributed by atoms with Crippen LogP contribution in [0.3, 0.4) is 0 Å². The zero-order valence-electron chi connectivity index (χ0n) is 16.4. The summed E-state index contributed by atoms with van der Waals surface area (Å²) in [6.45, 7) is 3.19. The van der Waals surface area contributed by atoms with E-state index >= 15 is 0 Å². The lowest BCUT2D eigenvalue weighted by Crippen LogP contribution is -2.16. The molecule has 0 saturated carbocycles. The van der Waals surface area contributed by atoms with Gasteiger partial charge in [0.05, 0.1) is 17.9 Å². The standard InChI is InChI=1S/C21H25N5O3/c1-14(27)24-17-6-5-15-12-26-18(13-29-20(15)8-17)9-19(25-26)16(10-22)11-23-21-4-2-3-7-28-21/h5-6,8-11,21H,2-4,7,12-13,22H2,1H3,(H,24,27)/b16-10+,23-11+. The molecule has 1 unspecified atom stereocenters. The Labute approximate surface area is 169 Å². The summed E-state index contributed by atoms with van der Waals surface area (Å²) in [4.78, 5) is 15.8. The normalized spacial score (nSPS) is 19.2. The Bertz CT molecular complexity index is 957. The zero-order chi connectivity index (χ0) is 20.2. The number of aliphatic imine (C=N–C) groups is 1. The van der Waals surface area contributed by atoms with Crippen LogP contribution in [0.2, 0.25) is 0 Å². The Hall–Kier alpha value is -3.13. The van der Waals surface area contributed by atoms with E-state index in [9.17, 15) is 4.79 Å². The first-order valence-corrected chi connectivity index (χ1v) is 9.79. The third-order valence-corrected chi connectivity index (χ3v) is 4.96. The van der Waals surface area contributed by atoms with Crippen LogP contribution in [0.4, 0.5) is 5.69 Å². The first-order valence-electron chi connectivity index (χ1n) is 9.79. The van der Waals surface area contributed by atoms with Gasteiger partial charge in [0.15, 0.2) is 0 Å². The molecular weight excluding hydrogens is 370 g/mol. The number of carbonyl (C=O) groups excluding carboxylic acids is 1. The predicted octanol–water partition coefficient (Wildman–Crippen LogP) is 2.68. The van der Waals surface area contributed by atoms with E-state index in [1.54, 1.807) is 6.21 Å². The molecule has 2 aliphatic rings. The Kier molecular flexibility index (Phi) is 5.62. The number of nitrogens with one attached hydrogen (secondary N) is 1. The molecule has 3 heterocycles. The average molecular weight is 395 g/mol. The van der Waals surface area contributed by atoms with Gasteiger partial charge < -0.3 is 20.5 Å². The van der Waals surface area contributed by atoms with Crippen molar-refractivity contribution in [1.29, 1.82) is 0 Å². The summed E-state index contributed by atoms with van der Waals surface area (Å²) in [5.41, 5.74) is 9.99. The molecule has 2 aromatic rings. The van der Waals surface area contributed by atoms with Gasteiger partial charge in [0.2, 0.25) is 5.91 Å². The number of hydrogen-bond acceptors (Lipinski definition) is 6. The summed E-state index contributed by atoms with van der Waals surface area (Å²) >= 11 is 0. The van der Waals surface area contributed by atoms with Crippen LogP contribution in [-0.4, -0.2) is 34.7 Å². The molecule has 1 aromatic carbocycles. The number of allylic oxidation sites excluding steroid dienone is 1. The molecule has 1 fully saturated rings. The van der Waals surface area contributed by atoms with Crippen molar-refractivity contribution in [3.63, 3.8) is 0 Å². The van der Waals surface area contributed by atoms with E-state index in [2.05, 4.69) is 10.3 Å². The molecule has 3 N–H and O–H groups in total. The van der Waals surface area contributed by atoms with Crippen LogP contribution in [0, 0.1) is 0 Å². The molecule has 8 heteroatoms. The fraction of sp³-hybridized carbons (Fsp3) is 0.381. The summed E-state index contributed by atoms with van der Waals surface area (Å²) < 4.78 is 13.5. The van der Waals surface area contributed by atoms with Crippen molar-refractivity contribution in [1.82, 2.24) is 9.78 Å². The lowest BCUT2D eigenvalue weighted by molar-refractivity contribution is -0.114. The van der Waals surface area contributed by atoms with Crippen molar-refractivity contribution >= 4 is 23.4 Å². The molecule has 8 nitrogen and oxygen atoms in total. The first kappa shape index (κ1) is 19.2. The maximum atomic E-state index is 11.3. The highest BCUT2D eigenvalue weighted by Gasteiger charge is 2.18. The molecule has 29 heavy (non-hydrogen) atoms. The monoisotopic (exact) mass is 395 g/mol. The van der Waals surface area contributed by atoms with Gasteiger partial charge in [-0.25, -0.2) is 0 Å². The number of fused-ring (bicyclic) bond motifs is 2. The highest BCUT2D eigenvalue weighted by molar-refractivity contribution is 6.08. The summed E-state index contributed by atoms with van der Waals surface area (Å²) in [6, 6.07) is 7.61. The topological polar surface area (TPSA) is 104 Å². The summed E-state index contributed by atoms with van der Waals surface area (Å²) in [6.07, 6.45) is 6.30. The second kappa shape index (κ2) is 8.48. The van der Waals surface area contributed by atoms with Crippen LogP contribution in [0.15, 0.2) is 35.5 Å². The third kappa shape index (κ3) is 4.48. The predicted molar refractivity (Wildman–Crippen MR) is 111 cm³/mol. The molecular formula is C21H25N5O3. The van der Waals surface area contributed by atoms with E-state index in [0.29, 0.717) is 18.8 Å². The SMILES string of the molecule is CC(=O)Nc1ccc2c(c1)OCc1cc(C(=C/N)/C=N/C3CCCCO3)nn1C2. The minimum atomic E-state index is -0.113. The maximum absolute atomic E-state index is 11.3. The number of amides is 1. The number of aromatic nitrogens is 2. The second-order valence-electron chi connectivity index (χ2n) is 7.19. The molecule has 1 atom stereocenters. The third-order valence-electron chi connectivity index (χ3n) is 4.96. The van der Waals surface area contributed by atoms with Crippen molar-refractivity contribution in [3.05, 3.63) is 47.4 Å². The highest BCUT2D eigenvalue weighted by atomic mass is 16.5. The summed E-state index contributed by atoms with van der Waals surface area (Å²) in [5.74, 6) is 0.631. The van der Waals surface area contributed by atoms with Crippen molar-refractivity contribution < 1.29 is 14.3 Å². The van der Waals surface area contributed by atoms with Crippen LogP contribution in [0.5, 0.6) is 5.75 Å². The quantitative estimate of drug-likeness (QED) is 0.775. The van der Waals surface area contributed by atoms with Crippen LogP contribution in [0.1, 0.15) is 43.1 Å². The second-order valence-corrected chi connectivity index (χ2v) is 7.19. The van der Waals surface area contributed by atoms with E-state index < -0.39 is 0 Å². The van der Waals surface area contributed by atoms with Crippen LogP contribution in [0.25, 0.3) is 5.57 Å². The van der Waals surface area contributed by atoms with Gasteiger partial charge in [-0.1, -0.05) is 6.07 Å². The Morgan fingerprint density at radius 2 is 2.28 bits per heavy atom. The molecule has 0 radical (unpaired) electrons. The van der Waals surface area contributed by atoms with Crippen molar-refractivity contribution in [2.24, 2.45) is 10.7 Å². The molecule has 1 amide bonds. The summed E-state index contributed by atoms with van der Waals surface area (Å²) in [7, 11) is 0. The Morgan fingerprint density at radius 1 is 1.38 bits per heavy atom. The number of nitrogens with zero attached hydrogens (tertiary/aromatic N) is 3. The van der Waals surface area contributed by atoms with Gasteiger partial charge in [0, 0.05) is 48.8 Å². The first-order chi connectivity index (χ1) is 14.1. The maximum Gasteiger partial charge on any atom is 0.221 e. The fourth-order valence-electron chi connectivity index (χ4n) is 3.46. The van der Waals surface area contributed by atoms with Crippen LogP contribution < -0.4 is 15.8 Å². The fourth-order valence-corrected chi connectivity index (χ4v) is 3.46. The largest absolute Gasteiger partial charge is 0.487 e. The number of carbonyl (C=O) groups is 1. The number of hydrogen-bond donors (Lipinski definition) is 2. The van der Waals surface area contributed by atoms with Crippen molar-refractivity contribution in [3.8, 4) is 5.75 Å². The Balaban J connectivity index is 1.52. The van der Waals surface area contributed by atoms with Crippen molar-refractivity contribution in [2.45, 2.75) is 45.6 Å². The number of benzene rings is 1. The summed E-state index contributed by atoms with van der Waals surface area (Å²) in [5, 5.41) is 7.48. The van der Waals surface area contributed by atoms with Gasteiger partial charge in [0.1, 0.15) is 18.6 Å². The van der Waals surface area contributed by atoms with E-state index in [0.717, 1.165) is 54.1 Å². The Morgan fingerprint density at radius 3 is 3.03 bits per heavy atom. The molecule has 1 saturated heterocycles. The number of rotatable bonds is 4. The lowest BCUT2D eigenvalue weighted by atomic mass is 10.2. The van der Waals surface area contributed by atoms with Gasteiger partial charge in [-0.2, -0.15) is 5.10 Å². The number of anilines is 1. The van der Waals surface area contributed by atoms with Gasteiger partial charge in [-0.05, 0) is 31.4 Å². The number of nitrogens with two attached hydrogens (primary N) is 1. The molecule has 0 spiro atoms. The molecule has 152 valence electrons.